The van der Waals surface area contributed by atoms with Crippen molar-refractivity contribution in [2.45, 2.75) is 45.3 Å². The molecule has 0 saturated carbocycles. The minimum absolute atomic E-state index is 0.0745. The fraction of sp³-hybridized carbons (Fsp3) is 0.480. The van der Waals surface area contributed by atoms with E-state index in [0.29, 0.717) is 31.0 Å². The maximum atomic E-state index is 10.7. The Hall–Kier alpha value is -2.97. The Morgan fingerprint density at radius 1 is 1.33 bits per heavy atom. The molecule has 1 fully saturated rings. The lowest BCUT2D eigenvalue weighted by Gasteiger charge is -2.36. The number of anilines is 1. The highest BCUT2D eigenvalue weighted by molar-refractivity contribution is 5.72. The molecule has 2 unspecified atom stereocenters. The molecule has 2 aromatic rings. The van der Waals surface area contributed by atoms with Gasteiger partial charge in [-0.3, -0.25) is 0 Å². The van der Waals surface area contributed by atoms with Crippen LogP contribution < -0.4 is 4.90 Å². The molecule has 2 atom stereocenters. The monoisotopic (exact) mass is 453 g/mol. The second-order valence-corrected chi connectivity index (χ2v) is 8.67. The van der Waals surface area contributed by atoms with Gasteiger partial charge in [0.15, 0.2) is 0 Å². The zero-order valence-corrected chi connectivity index (χ0v) is 19.2. The van der Waals surface area contributed by atoms with Crippen LogP contribution in [0.15, 0.2) is 41.0 Å². The number of allylic oxidation sites excluding steroid dienone is 3. The zero-order valence-electron chi connectivity index (χ0n) is 19.2. The van der Waals surface area contributed by atoms with Gasteiger partial charge < -0.3 is 24.0 Å². The second kappa shape index (κ2) is 10.8. The molecule has 33 heavy (non-hydrogen) atoms. The summed E-state index contributed by atoms with van der Waals surface area (Å²) in [5.41, 5.74) is 4.01. The summed E-state index contributed by atoms with van der Waals surface area (Å²) in [7, 11) is 1.71. The van der Waals surface area contributed by atoms with Crippen LogP contribution in [0.2, 0.25) is 0 Å². The normalized spacial score (nSPS) is 20.7. The van der Waals surface area contributed by atoms with E-state index < -0.39 is 5.97 Å². The van der Waals surface area contributed by atoms with Crippen LogP contribution in [-0.2, 0) is 20.9 Å². The predicted molar refractivity (Wildman–Crippen MR) is 125 cm³/mol. The highest BCUT2D eigenvalue weighted by atomic mass is 16.5. The van der Waals surface area contributed by atoms with E-state index in [-0.39, 0.29) is 12.5 Å². The van der Waals surface area contributed by atoms with Crippen LogP contribution in [0, 0.1) is 5.92 Å². The predicted octanol–water partition coefficient (Wildman–Crippen LogP) is 4.32. The Bertz CT molecular complexity index is 1030. The van der Waals surface area contributed by atoms with Gasteiger partial charge >= 0.3 is 5.97 Å². The average molecular weight is 454 g/mol. The van der Waals surface area contributed by atoms with Crippen LogP contribution in [0.25, 0.3) is 17.0 Å². The number of piperidine rings is 1. The molecule has 0 bridgehead atoms. The van der Waals surface area contributed by atoms with Gasteiger partial charge in [-0.2, -0.15) is 4.98 Å². The number of carboxylic acids is 1. The third-order valence-electron chi connectivity index (χ3n) is 6.13. The molecule has 8 nitrogen and oxygen atoms in total. The lowest BCUT2D eigenvalue weighted by atomic mass is 9.96. The molecule has 0 amide bonds. The van der Waals surface area contributed by atoms with Crippen LogP contribution in [0.3, 0.4) is 0 Å². The fourth-order valence-corrected chi connectivity index (χ4v) is 4.49. The van der Waals surface area contributed by atoms with Crippen LogP contribution in [0.5, 0.6) is 0 Å². The minimum Gasteiger partial charge on any atom is -0.480 e. The summed E-state index contributed by atoms with van der Waals surface area (Å²) >= 11 is 0. The number of ether oxygens (including phenoxy) is 2. The summed E-state index contributed by atoms with van der Waals surface area (Å²) in [6, 6.07) is 6.74. The number of carbonyl (C=O) groups is 1. The molecule has 8 heteroatoms. The Kier molecular flexibility index (Phi) is 7.57. The molecular formula is C25H31N3O5. The molecular weight excluding hydrogens is 422 g/mol. The molecule has 4 rings (SSSR count). The first kappa shape index (κ1) is 23.2. The minimum atomic E-state index is -0.970. The van der Waals surface area contributed by atoms with E-state index in [0.717, 1.165) is 29.7 Å². The number of carboxylic acid groups (broad SMARTS) is 1. The van der Waals surface area contributed by atoms with E-state index in [1.54, 1.807) is 7.11 Å². The van der Waals surface area contributed by atoms with Gasteiger partial charge in [-0.1, -0.05) is 23.4 Å². The molecule has 0 spiro atoms. The fourth-order valence-electron chi connectivity index (χ4n) is 4.49. The van der Waals surface area contributed by atoms with Crippen molar-refractivity contribution in [1.82, 2.24) is 10.1 Å². The van der Waals surface area contributed by atoms with Gasteiger partial charge in [0.1, 0.15) is 6.61 Å². The van der Waals surface area contributed by atoms with Gasteiger partial charge in [-0.05, 0) is 50.8 Å². The van der Waals surface area contributed by atoms with Crippen molar-refractivity contribution in [3.8, 4) is 11.5 Å². The van der Waals surface area contributed by atoms with Crippen LogP contribution >= 0.6 is 0 Å². The summed E-state index contributed by atoms with van der Waals surface area (Å²) in [5.74, 6) is 0.0674. The first-order valence-corrected chi connectivity index (χ1v) is 11.5. The third kappa shape index (κ3) is 5.69. The first-order chi connectivity index (χ1) is 16.0. The van der Waals surface area contributed by atoms with E-state index in [2.05, 4.69) is 34.1 Å². The van der Waals surface area contributed by atoms with Crippen LogP contribution in [-0.4, -0.2) is 54.1 Å². The topological polar surface area (TPSA) is 97.9 Å². The number of hydrogen-bond donors (Lipinski definition) is 1. The largest absolute Gasteiger partial charge is 0.480 e. The van der Waals surface area contributed by atoms with E-state index in [4.69, 9.17) is 19.1 Å². The average Bonchev–Trinajstić information content (AvgIpc) is 3.30. The maximum Gasteiger partial charge on any atom is 0.329 e. The SMILES string of the molecule is COCc1cc(-c2nc(C3=CC(COCC(=O)O)CC=C3)no2)ccc1N1CCCCC1C. The molecule has 1 saturated heterocycles. The quantitative estimate of drug-likeness (QED) is 0.599. The number of aromatic nitrogens is 2. The summed E-state index contributed by atoms with van der Waals surface area (Å²) < 4.78 is 16.3. The second-order valence-electron chi connectivity index (χ2n) is 8.67. The molecule has 176 valence electrons. The summed E-state index contributed by atoms with van der Waals surface area (Å²) in [4.78, 5) is 17.7. The number of methoxy groups -OCH3 is 1. The Morgan fingerprint density at radius 3 is 3.00 bits per heavy atom. The molecule has 1 aliphatic carbocycles. The third-order valence-corrected chi connectivity index (χ3v) is 6.13. The summed E-state index contributed by atoms with van der Waals surface area (Å²) in [5, 5.41) is 12.9. The van der Waals surface area contributed by atoms with Gasteiger partial charge in [0.05, 0.1) is 13.2 Å². The van der Waals surface area contributed by atoms with E-state index in [1.165, 1.54) is 24.9 Å². The summed E-state index contributed by atoms with van der Waals surface area (Å²) in [6.45, 7) is 3.88. The first-order valence-electron chi connectivity index (χ1n) is 11.5. The molecule has 1 aliphatic heterocycles. The van der Waals surface area contributed by atoms with E-state index >= 15 is 0 Å². The maximum absolute atomic E-state index is 10.7. The highest BCUT2D eigenvalue weighted by Crippen LogP contribution is 2.32. The van der Waals surface area contributed by atoms with Gasteiger partial charge in [0, 0.05) is 48.0 Å². The van der Waals surface area contributed by atoms with Crippen LogP contribution in [0.1, 0.15) is 44.0 Å². The number of hydrogen-bond acceptors (Lipinski definition) is 7. The number of benzene rings is 1. The van der Waals surface area contributed by atoms with Crippen molar-refractivity contribution < 1.29 is 23.9 Å². The highest BCUT2D eigenvalue weighted by Gasteiger charge is 2.22. The molecule has 2 aliphatic rings. The van der Waals surface area contributed by atoms with Crippen molar-refractivity contribution in [3.05, 3.63) is 47.8 Å². The van der Waals surface area contributed by atoms with Crippen molar-refractivity contribution in [2.75, 3.05) is 31.8 Å². The van der Waals surface area contributed by atoms with Gasteiger partial charge in [0.2, 0.25) is 5.82 Å². The van der Waals surface area contributed by atoms with Crippen molar-refractivity contribution in [1.29, 1.82) is 0 Å². The van der Waals surface area contributed by atoms with Gasteiger partial charge in [-0.25, -0.2) is 4.79 Å². The number of aliphatic carboxylic acids is 1. The Labute approximate surface area is 193 Å². The Morgan fingerprint density at radius 2 is 2.21 bits per heavy atom. The molecule has 1 aromatic heterocycles. The Balaban J connectivity index is 1.53. The standard InChI is InChI=1S/C25H31N3O5/c1-17-6-3-4-11-28(17)22-10-9-20(13-21(22)15-31-2)25-26-24(27-33-25)19-8-5-7-18(12-19)14-32-16-23(29)30/h5,8-10,12-13,17-18H,3-4,6-7,11,14-16H2,1-2H3,(H,29,30). The van der Waals surface area contributed by atoms with Gasteiger partial charge in [-0.15, -0.1) is 0 Å². The summed E-state index contributed by atoms with van der Waals surface area (Å²) in [6.07, 6.45) is 10.4. The number of rotatable bonds is 9. The zero-order chi connectivity index (χ0) is 23.2. The van der Waals surface area contributed by atoms with Crippen molar-refractivity contribution in [3.63, 3.8) is 0 Å². The van der Waals surface area contributed by atoms with Gasteiger partial charge in [0.25, 0.3) is 5.89 Å². The van der Waals surface area contributed by atoms with Crippen LogP contribution in [0.4, 0.5) is 5.69 Å². The lowest BCUT2D eigenvalue weighted by molar-refractivity contribution is -0.142. The van der Waals surface area contributed by atoms with E-state index in [1.807, 2.05) is 24.3 Å². The van der Waals surface area contributed by atoms with Crippen molar-refractivity contribution >= 4 is 17.2 Å². The smallest absolute Gasteiger partial charge is 0.329 e. The number of nitrogens with zero attached hydrogens (tertiary/aromatic N) is 3. The lowest BCUT2D eigenvalue weighted by Crippen LogP contribution is -2.38. The van der Waals surface area contributed by atoms with Crippen molar-refractivity contribution in [2.24, 2.45) is 5.92 Å². The van der Waals surface area contributed by atoms with E-state index in [9.17, 15) is 4.79 Å². The molecule has 0 radical (unpaired) electrons. The molecule has 1 aromatic carbocycles. The molecule has 2 heterocycles. The molecule has 1 N–H and O–H groups in total.